The maximum atomic E-state index is 12.1. The zero-order chi connectivity index (χ0) is 17.0. The van der Waals surface area contributed by atoms with E-state index in [9.17, 15) is 13.2 Å². The van der Waals surface area contributed by atoms with Crippen LogP contribution in [0.3, 0.4) is 0 Å². The second-order valence-electron chi connectivity index (χ2n) is 5.55. The van der Waals surface area contributed by atoms with Crippen molar-refractivity contribution in [1.29, 1.82) is 0 Å². The van der Waals surface area contributed by atoms with E-state index in [0.29, 0.717) is 23.7 Å². The Bertz CT molecular complexity index is 779. The fraction of sp³-hybridized carbons (Fsp3) is 0.333. The summed E-state index contributed by atoms with van der Waals surface area (Å²) < 4.78 is 31.5. The highest BCUT2D eigenvalue weighted by Crippen LogP contribution is 2.13. The first-order valence-electron chi connectivity index (χ1n) is 7.12. The Labute approximate surface area is 135 Å². The van der Waals surface area contributed by atoms with Crippen LogP contribution in [0.25, 0.3) is 0 Å². The number of carbonyl (C=O) groups excluding carboxylic acids is 1. The molecule has 2 aromatic rings. The van der Waals surface area contributed by atoms with Crippen molar-refractivity contribution in [2.45, 2.75) is 25.7 Å². The third-order valence-electron chi connectivity index (χ3n) is 2.98. The van der Waals surface area contributed by atoms with E-state index in [2.05, 4.69) is 15.2 Å². The minimum absolute atomic E-state index is 0.118. The monoisotopic (exact) mass is 337 g/mol. The van der Waals surface area contributed by atoms with Crippen LogP contribution in [0.1, 0.15) is 30.0 Å². The lowest BCUT2D eigenvalue weighted by Crippen LogP contribution is -2.27. The van der Waals surface area contributed by atoms with Crippen LogP contribution in [-0.4, -0.2) is 26.0 Å². The van der Waals surface area contributed by atoms with E-state index in [-0.39, 0.29) is 10.8 Å². The van der Waals surface area contributed by atoms with Crippen LogP contribution >= 0.6 is 0 Å². The highest BCUT2D eigenvalue weighted by molar-refractivity contribution is 7.89. The number of carbonyl (C=O) groups is 1. The molecule has 0 aliphatic carbocycles. The Hall–Kier alpha value is -2.19. The summed E-state index contributed by atoms with van der Waals surface area (Å²) in [6, 6.07) is 7.28. The lowest BCUT2D eigenvalue weighted by molar-refractivity contribution is 0.102. The van der Waals surface area contributed by atoms with Crippen molar-refractivity contribution in [2.24, 2.45) is 5.92 Å². The molecule has 0 aliphatic heterocycles. The topological polar surface area (TPSA) is 101 Å². The number of hydrogen-bond donors (Lipinski definition) is 2. The number of aryl methyl sites for hydroxylation is 1. The second-order valence-corrected chi connectivity index (χ2v) is 7.31. The molecular formula is C15H19N3O4S. The third-order valence-corrected chi connectivity index (χ3v) is 4.42. The minimum Gasteiger partial charge on any atom is -0.360 e. The Balaban J connectivity index is 2.08. The van der Waals surface area contributed by atoms with Gasteiger partial charge in [0.1, 0.15) is 5.76 Å². The molecular weight excluding hydrogens is 318 g/mol. The maximum absolute atomic E-state index is 12.1. The molecule has 0 bridgehead atoms. The molecule has 7 nitrogen and oxygen atoms in total. The van der Waals surface area contributed by atoms with E-state index in [4.69, 9.17) is 4.52 Å². The van der Waals surface area contributed by atoms with Crippen molar-refractivity contribution < 1.29 is 17.7 Å². The van der Waals surface area contributed by atoms with Crippen molar-refractivity contribution in [2.75, 3.05) is 11.9 Å². The molecule has 124 valence electrons. The van der Waals surface area contributed by atoms with E-state index in [1.807, 2.05) is 13.8 Å². The van der Waals surface area contributed by atoms with Crippen molar-refractivity contribution in [3.05, 3.63) is 41.7 Å². The number of aromatic nitrogens is 1. The zero-order valence-corrected chi connectivity index (χ0v) is 14.0. The van der Waals surface area contributed by atoms with Gasteiger partial charge in [0, 0.05) is 18.2 Å². The molecule has 23 heavy (non-hydrogen) atoms. The van der Waals surface area contributed by atoms with E-state index in [0.717, 1.165) is 0 Å². The number of nitrogens with zero attached hydrogens (tertiary/aromatic N) is 1. The molecule has 0 saturated carbocycles. The number of hydrogen-bond acceptors (Lipinski definition) is 5. The lowest BCUT2D eigenvalue weighted by atomic mass is 10.2. The van der Waals surface area contributed by atoms with Gasteiger partial charge in [-0.1, -0.05) is 19.0 Å². The summed E-state index contributed by atoms with van der Waals surface area (Å²) in [7, 11) is -3.56. The van der Waals surface area contributed by atoms with Crippen LogP contribution in [0.15, 0.2) is 39.8 Å². The summed E-state index contributed by atoms with van der Waals surface area (Å²) in [5, 5.41) is 6.23. The number of anilines is 1. The Morgan fingerprint density at radius 1 is 1.26 bits per heavy atom. The van der Waals surface area contributed by atoms with Gasteiger partial charge < -0.3 is 9.84 Å². The smallest absolute Gasteiger partial charge is 0.256 e. The fourth-order valence-corrected chi connectivity index (χ4v) is 2.97. The molecule has 2 N–H and O–H groups in total. The molecule has 0 atom stereocenters. The van der Waals surface area contributed by atoms with E-state index < -0.39 is 15.9 Å². The molecule has 0 fully saturated rings. The van der Waals surface area contributed by atoms with Gasteiger partial charge in [-0.15, -0.1) is 0 Å². The average Bonchev–Trinajstić information content (AvgIpc) is 2.90. The molecule has 0 unspecified atom stereocenters. The first kappa shape index (κ1) is 17.2. The van der Waals surface area contributed by atoms with Gasteiger partial charge in [0.05, 0.1) is 4.90 Å². The summed E-state index contributed by atoms with van der Waals surface area (Å²) >= 11 is 0. The van der Waals surface area contributed by atoms with Crippen molar-refractivity contribution in [3.63, 3.8) is 0 Å². The number of amides is 1. The summed E-state index contributed by atoms with van der Waals surface area (Å²) in [6.07, 6.45) is 0. The third kappa shape index (κ3) is 4.64. The summed E-state index contributed by atoms with van der Waals surface area (Å²) in [5.74, 6) is 0.707. The number of rotatable bonds is 6. The predicted molar refractivity (Wildman–Crippen MR) is 85.7 cm³/mol. The first-order chi connectivity index (χ1) is 10.8. The molecule has 0 aliphatic rings. The molecule has 1 aromatic carbocycles. The van der Waals surface area contributed by atoms with Gasteiger partial charge in [-0.05, 0) is 37.1 Å². The van der Waals surface area contributed by atoms with Gasteiger partial charge in [0.2, 0.25) is 10.0 Å². The van der Waals surface area contributed by atoms with Crippen molar-refractivity contribution >= 4 is 21.7 Å². The standard InChI is InChI=1S/C15H19N3O4S/c1-10(2)9-16-23(20,21)13-6-4-12(5-7-13)15(19)17-14-8-11(3)22-18-14/h4-8,10,16H,9H2,1-3H3,(H,17,18,19). The SMILES string of the molecule is Cc1cc(NC(=O)c2ccc(S(=O)(=O)NCC(C)C)cc2)no1. The summed E-state index contributed by atoms with van der Waals surface area (Å²) in [6.45, 7) is 5.91. The van der Waals surface area contributed by atoms with Crippen LogP contribution in [0.5, 0.6) is 0 Å². The van der Waals surface area contributed by atoms with Crippen LogP contribution in [0.4, 0.5) is 5.82 Å². The Morgan fingerprint density at radius 3 is 2.43 bits per heavy atom. The van der Waals surface area contributed by atoms with Gasteiger partial charge in [-0.3, -0.25) is 4.79 Å². The number of sulfonamides is 1. The van der Waals surface area contributed by atoms with E-state index in [1.54, 1.807) is 13.0 Å². The lowest BCUT2D eigenvalue weighted by Gasteiger charge is -2.09. The predicted octanol–water partition coefficient (Wildman–Crippen LogP) is 2.17. The molecule has 1 amide bonds. The van der Waals surface area contributed by atoms with Gasteiger partial charge in [0.15, 0.2) is 5.82 Å². The first-order valence-corrected chi connectivity index (χ1v) is 8.60. The molecule has 0 saturated heterocycles. The molecule has 0 spiro atoms. The minimum atomic E-state index is -3.56. The largest absolute Gasteiger partial charge is 0.360 e. The number of nitrogens with one attached hydrogen (secondary N) is 2. The van der Waals surface area contributed by atoms with Crippen LogP contribution in [0, 0.1) is 12.8 Å². The van der Waals surface area contributed by atoms with E-state index >= 15 is 0 Å². The zero-order valence-electron chi connectivity index (χ0n) is 13.2. The highest BCUT2D eigenvalue weighted by Gasteiger charge is 2.15. The van der Waals surface area contributed by atoms with Crippen molar-refractivity contribution in [1.82, 2.24) is 9.88 Å². The van der Waals surface area contributed by atoms with Gasteiger partial charge in [-0.2, -0.15) is 0 Å². The molecule has 1 heterocycles. The number of benzene rings is 1. The molecule has 1 aromatic heterocycles. The maximum Gasteiger partial charge on any atom is 0.256 e. The van der Waals surface area contributed by atoms with Crippen molar-refractivity contribution in [3.8, 4) is 0 Å². The van der Waals surface area contributed by atoms with Gasteiger partial charge in [-0.25, -0.2) is 13.1 Å². The van der Waals surface area contributed by atoms with Crippen LogP contribution in [-0.2, 0) is 10.0 Å². The second kappa shape index (κ2) is 6.93. The fourth-order valence-electron chi connectivity index (χ4n) is 1.76. The summed E-state index contributed by atoms with van der Waals surface area (Å²) in [5.41, 5.74) is 0.327. The van der Waals surface area contributed by atoms with Gasteiger partial charge >= 0.3 is 0 Å². The Kier molecular flexibility index (Phi) is 5.17. The highest BCUT2D eigenvalue weighted by atomic mass is 32.2. The van der Waals surface area contributed by atoms with Crippen LogP contribution < -0.4 is 10.0 Å². The van der Waals surface area contributed by atoms with E-state index in [1.165, 1.54) is 24.3 Å². The molecule has 2 rings (SSSR count). The average molecular weight is 337 g/mol. The quantitative estimate of drug-likeness (QED) is 0.841. The molecule has 8 heteroatoms. The Morgan fingerprint density at radius 2 is 1.91 bits per heavy atom. The van der Waals surface area contributed by atoms with Gasteiger partial charge in [0.25, 0.3) is 5.91 Å². The van der Waals surface area contributed by atoms with Crippen LogP contribution in [0.2, 0.25) is 0 Å². The normalized spacial score (nSPS) is 11.7. The molecule has 0 radical (unpaired) electrons. The summed E-state index contributed by atoms with van der Waals surface area (Å²) in [4.78, 5) is 12.2.